The van der Waals surface area contributed by atoms with Crippen molar-refractivity contribution in [3.63, 3.8) is 0 Å². The van der Waals surface area contributed by atoms with Gasteiger partial charge in [0.1, 0.15) is 5.60 Å². The van der Waals surface area contributed by atoms with E-state index in [0.29, 0.717) is 17.8 Å². The van der Waals surface area contributed by atoms with Crippen molar-refractivity contribution >= 4 is 0 Å². The summed E-state index contributed by atoms with van der Waals surface area (Å²) in [5.74, 6) is 4.82. The molecule has 4 saturated carbocycles. The van der Waals surface area contributed by atoms with E-state index in [4.69, 9.17) is 4.89 Å². The van der Waals surface area contributed by atoms with Crippen LogP contribution in [0.4, 0.5) is 0 Å². The Morgan fingerprint density at radius 1 is 0.900 bits per heavy atom. The molecule has 3 heteroatoms. The summed E-state index contributed by atoms with van der Waals surface area (Å²) in [6.07, 6.45) is 13.8. The molecule has 0 heterocycles. The maximum absolute atomic E-state index is 10.4. The van der Waals surface area contributed by atoms with Crippen molar-refractivity contribution in [1.29, 1.82) is 0 Å². The molecule has 30 heavy (non-hydrogen) atoms. The maximum atomic E-state index is 10.4. The predicted molar refractivity (Wildman–Crippen MR) is 122 cm³/mol. The molecule has 0 aromatic carbocycles. The highest BCUT2D eigenvalue weighted by molar-refractivity contribution is 5.14. The molecule has 3 nitrogen and oxygen atoms in total. The molecular weight excluding hydrogens is 372 g/mol. The van der Waals surface area contributed by atoms with Crippen molar-refractivity contribution < 1.29 is 15.3 Å². The lowest BCUT2D eigenvalue weighted by atomic mass is 9.43. The Morgan fingerprint density at radius 3 is 2.37 bits per heavy atom. The van der Waals surface area contributed by atoms with Crippen LogP contribution in [0, 0.1) is 46.3 Å². The van der Waals surface area contributed by atoms with Crippen molar-refractivity contribution in [2.24, 2.45) is 46.3 Å². The van der Waals surface area contributed by atoms with Crippen LogP contribution in [-0.4, -0.2) is 22.1 Å². The van der Waals surface area contributed by atoms with Crippen LogP contribution in [0.15, 0.2) is 0 Å². The Labute approximate surface area is 185 Å². The molecule has 1 unspecified atom stereocenters. The van der Waals surface area contributed by atoms with Crippen molar-refractivity contribution in [2.75, 3.05) is 0 Å². The molecule has 4 rings (SSSR count). The smallest absolute Gasteiger partial charge is 0.111 e. The van der Waals surface area contributed by atoms with E-state index in [0.717, 1.165) is 48.9 Å². The first-order chi connectivity index (χ1) is 14.2. The summed E-state index contributed by atoms with van der Waals surface area (Å²) in [4.78, 5) is 5.30. The molecule has 0 bridgehead atoms. The summed E-state index contributed by atoms with van der Waals surface area (Å²) >= 11 is 0. The van der Waals surface area contributed by atoms with Crippen molar-refractivity contribution in [1.82, 2.24) is 0 Å². The third-order valence-electron chi connectivity index (χ3n) is 11.1. The maximum Gasteiger partial charge on any atom is 0.111 e. The van der Waals surface area contributed by atoms with E-state index in [-0.39, 0.29) is 11.5 Å². The van der Waals surface area contributed by atoms with E-state index >= 15 is 0 Å². The average Bonchev–Trinajstić information content (AvgIpc) is 3.05. The standard InChI is InChI=1S/C27H48O3/c1-18(2)7-6-8-19(3)22-9-10-23-21-12-16-27(30-29)17-20(28)11-15-26(27,5)24(21)13-14-25(22,23)4/h18-24,28-29H,6-17H2,1-5H3/t19-,20+,21+,22-,23+,24+,25-,26-,27?/m1/s1. The van der Waals surface area contributed by atoms with Crippen LogP contribution in [0.1, 0.15) is 112 Å². The average molecular weight is 421 g/mol. The second-order valence-corrected chi connectivity index (χ2v) is 12.8. The second kappa shape index (κ2) is 8.34. The topological polar surface area (TPSA) is 49.7 Å². The van der Waals surface area contributed by atoms with Gasteiger partial charge >= 0.3 is 0 Å². The summed E-state index contributed by atoms with van der Waals surface area (Å²) < 4.78 is 0. The van der Waals surface area contributed by atoms with Gasteiger partial charge in [-0.3, -0.25) is 5.26 Å². The zero-order valence-corrected chi connectivity index (χ0v) is 20.3. The summed E-state index contributed by atoms with van der Waals surface area (Å²) in [5, 5.41) is 20.4. The third kappa shape index (κ3) is 3.50. The van der Waals surface area contributed by atoms with E-state index in [2.05, 4.69) is 34.6 Å². The SMILES string of the molecule is CC(C)CCC[C@@H](C)[C@H]1CC[C@H]2[C@@H]3CCC4(OO)C[C@@H](O)CC[C@]4(C)[C@H]3CC[C@]12C. The van der Waals surface area contributed by atoms with E-state index in [1.54, 1.807) is 0 Å². The minimum Gasteiger partial charge on any atom is -0.393 e. The van der Waals surface area contributed by atoms with Gasteiger partial charge in [0.05, 0.1) is 6.10 Å². The van der Waals surface area contributed by atoms with E-state index in [9.17, 15) is 10.4 Å². The normalized spacial score (nSPS) is 49.4. The summed E-state index contributed by atoms with van der Waals surface area (Å²) in [6.45, 7) is 12.3. The number of fused-ring (bicyclic) bond motifs is 5. The molecule has 0 aromatic heterocycles. The fraction of sp³-hybridized carbons (Fsp3) is 1.00. The molecule has 0 saturated heterocycles. The molecule has 2 N–H and O–H groups in total. The molecule has 0 spiro atoms. The molecule has 4 fully saturated rings. The van der Waals surface area contributed by atoms with Gasteiger partial charge in [0.25, 0.3) is 0 Å². The monoisotopic (exact) mass is 420 g/mol. The molecule has 174 valence electrons. The van der Waals surface area contributed by atoms with Gasteiger partial charge < -0.3 is 5.11 Å². The van der Waals surface area contributed by atoms with Gasteiger partial charge in [0.15, 0.2) is 0 Å². The van der Waals surface area contributed by atoms with Crippen LogP contribution < -0.4 is 0 Å². The minimum absolute atomic E-state index is 0.00614. The lowest BCUT2D eigenvalue weighted by Gasteiger charge is -2.64. The Hall–Kier alpha value is -0.120. The lowest BCUT2D eigenvalue weighted by Crippen LogP contribution is -2.63. The quantitative estimate of drug-likeness (QED) is 0.356. The van der Waals surface area contributed by atoms with Gasteiger partial charge in [-0.15, -0.1) is 0 Å². The van der Waals surface area contributed by atoms with Crippen LogP contribution in [0.25, 0.3) is 0 Å². The van der Waals surface area contributed by atoms with Gasteiger partial charge in [-0.05, 0) is 92.3 Å². The Balaban J connectivity index is 1.51. The highest BCUT2D eigenvalue weighted by Gasteiger charge is 2.66. The van der Waals surface area contributed by atoms with Gasteiger partial charge in [-0.25, -0.2) is 4.89 Å². The van der Waals surface area contributed by atoms with Crippen LogP contribution in [0.3, 0.4) is 0 Å². The number of aliphatic hydroxyl groups is 1. The second-order valence-electron chi connectivity index (χ2n) is 12.8. The fourth-order valence-corrected chi connectivity index (χ4v) is 9.41. The number of aliphatic hydroxyl groups excluding tert-OH is 1. The first-order valence-electron chi connectivity index (χ1n) is 13.2. The Bertz CT molecular complexity index is 605. The van der Waals surface area contributed by atoms with E-state index in [1.807, 2.05) is 0 Å². The van der Waals surface area contributed by atoms with Crippen LogP contribution >= 0.6 is 0 Å². The Morgan fingerprint density at radius 2 is 1.67 bits per heavy atom. The lowest BCUT2D eigenvalue weighted by molar-refractivity contribution is -0.388. The van der Waals surface area contributed by atoms with E-state index in [1.165, 1.54) is 51.4 Å². The molecule has 0 radical (unpaired) electrons. The van der Waals surface area contributed by atoms with Crippen molar-refractivity contribution in [2.45, 2.75) is 123 Å². The predicted octanol–water partition coefficient (Wildman–Crippen LogP) is 7.08. The number of hydrogen-bond donors (Lipinski definition) is 2. The zero-order chi connectivity index (χ0) is 21.7. The van der Waals surface area contributed by atoms with Gasteiger partial charge in [-0.1, -0.05) is 53.9 Å². The highest BCUT2D eigenvalue weighted by Crippen LogP contribution is 2.69. The molecule has 4 aliphatic rings. The van der Waals surface area contributed by atoms with Crippen LogP contribution in [0.2, 0.25) is 0 Å². The number of hydrogen-bond acceptors (Lipinski definition) is 3. The summed E-state index contributed by atoms with van der Waals surface area (Å²) in [6, 6.07) is 0. The van der Waals surface area contributed by atoms with Crippen molar-refractivity contribution in [3.05, 3.63) is 0 Å². The largest absolute Gasteiger partial charge is 0.393 e. The van der Waals surface area contributed by atoms with Gasteiger partial charge in [0.2, 0.25) is 0 Å². The molecule has 0 aromatic rings. The molecule has 4 aliphatic carbocycles. The summed E-state index contributed by atoms with van der Waals surface area (Å²) in [5.41, 5.74) is -0.0169. The van der Waals surface area contributed by atoms with E-state index < -0.39 is 5.60 Å². The molecular formula is C27H48O3. The van der Waals surface area contributed by atoms with Crippen molar-refractivity contribution in [3.8, 4) is 0 Å². The molecule has 9 atom stereocenters. The minimum atomic E-state index is -0.526. The van der Waals surface area contributed by atoms with Crippen LogP contribution in [-0.2, 0) is 4.89 Å². The van der Waals surface area contributed by atoms with Crippen LogP contribution in [0.5, 0.6) is 0 Å². The fourth-order valence-electron chi connectivity index (χ4n) is 9.41. The first-order valence-corrected chi connectivity index (χ1v) is 13.2. The first kappa shape index (κ1) is 23.1. The van der Waals surface area contributed by atoms with Gasteiger partial charge in [-0.2, -0.15) is 0 Å². The molecule has 0 amide bonds. The highest BCUT2D eigenvalue weighted by atomic mass is 17.1. The van der Waals surface area contributed by atoms with Gasteiger partial charge in [0, 0.05) is 11.8 Å². The third-order valence-corrected chi connectivity index (χ3v) is 11.1. The summed E-state index contributed by atoms with van der Waals surface area (Å²) in [7, 11) is 0. The molecule has 0 aliphatic heterocycles. The number of rotatable bonds is 6. The zero-order valence-electron chi connectivity index (χ0n) is 20.3. The Kier molecular flexibility index (Phi) is 6.41.